The van der Waals surface area contributed by atoms with Crippen LogP contribution < -0.4 is 20.1 Å². The molecule has 1 aliphatic heterocycles. The van der Waals surface area contributed by atoms with Crippen LogP contribution in [0.3, 0.4) is 0 Å². The van der Waals surface area contributed by atoms with E-state index in [0.29, 0.717) is 11.5 Å². The third kappa shape index (κ3) is 3.05. The smallest absolute Gasteiger partial charge is 0.262 e. The molecular formula is C17H14N2O5. The quantitative estimate of drug-likeness (QED) is 0.814. The highest BCUT2D eigenvalue weighted by Crippen LogP contribution is 2.24. The molecule has 7 heteroatoms. The standard InChI is InChI=1S/C17H14N2O5/c1-23-10-5-7-11(8-6-10)24-9-14(20)18-13-4-2-3-12-15(13)17(22)19-16(12)21/h2-8H,9H2,1H3,(H,18,20)(H,19,21,22). The van der Waals surface area contributed by atoms with Gasteiger partial charge in [0.2, 0.25) is 0 Å². The molecule has 0 aliphatic carbocycles. The second kappa shape index (κ2) is 6.41. The summed E-state index contributed by atoms with van der Waals surface area (Å²) in [7, 11) is 1.56. The minimum absolute atomic E-state index is 0.167. The lowest BCUT2D eigenvalue weighted by Gasteiger charge is -2.10. The Balaban J connectivity index is 1.65. The van der Waals surface area contributed by atoms with Crippen molar-refractivity contribution in [1.82, 2.24) is 5.32 Å². The largest absolute Gasteiger partial charge is 0.497 e. The molecule has 0 aromatic heterocycles. The minimum atomic E-state index is -0.526. The monoisotopic (exact) mass is 326 g/mol. The molecule has 0 radical (unpaired) electrons. The minimum Gasteiger partial charge on any atom is -0.497 e. The van der Waals surface area contributed by atoms with Gasteiger partial charge in [0.1, 0.15) is 11.5 Å². The fourth-order valence-corrected chi connectivity index (χ4v) is 2.33. The highest BCUT2D eigenvalue weighted by molar-refractivity contribution is 6.24. The van der Waals surface area contributed by atoms with Crippen molar-refractivity contribution in [3.63, 3.8) is 0 Å². The van der Waals surface area contributed by atoms with E-state index in [-0.39, 0.29) is 23.4 Å². The van der Waals surface area contributed by atoms with Gasteiger partial charge in [-0.1, -0.05) is 6.07 Å². The highest BCUT2D eigenvalue weighted by atomic mass is 16.5. The molecule has 0 saturated carbocycles. The summed E-state index contributed by atoms with van der Waals surface area (Å²) < 4.78 is 10.4. The van der Waals surface area contributed by atoms with Crippen LogP contribution in [-0.2, 0) is 4.79 Å². The van der Waals surface area contributed by atoms with E-state index in [1.165, 1.54) is 6.07 Å². The van der Waals surface area contributed by atoms with Crippen molar-refractivity contribution >= 4 is 23.4 Å². The van der Waals surface area contributed by atoms with Crippen molar-refractivity contribution in [3.05, 3.63) is 53.6 Å². The van der Waals surface area contributed by atoms with E-state index in [9.17, 15) is 14.4 Å². The fraction of sp³-hybridized carbons (Fsp3) is 0.118. The SMILES string of the molecule is COc1ccc(OCC(=O)Nc2cccc3c2C(=O)NC3=O)cc1. The van der Waals surface area contributed by atoms with Crippen LogP contribution >= 0.6 is 0 Å². The predicted molar refractivity (Wildman–Crippen MR) is 85.4 cm³/mol. The summed E-state index contributed by atoms with van der Waals surface area (Å²) in [5.41, 5.74) is 0.688. The zero-order valence-electron chi connectivity index (χ0n) is 12.8. The molecular weight excluding hydrogens is 312 g/mol. The van der Waals surface area contributed by atoms with Crippen LogP contribution in [0.15, 0.2) is 42.5 Å². The Bertz CT molecular complexity index is 814. The van der Waals surface area contributed by atoms with Gasteiger partial charge in [-0.25, -0.2) is 0 Å². The first-order valence-electron chi connectivity index (χ1n) is 7.14. The molecule has 2 aromatic carbocycles. The molecule has 1 aliphatic rings. The summed E-state index contributed by atoms with van der Waals surface area (Å²) in [5.74, 6) is -0.242. The van der Waals surface area contributed by atoms with Crippen LogP contribution in [0.1, 0.15) is 20.7 Å². The molecule has 3 amide bonds. The van der Waals surface area contributed by atoms with E-state index in [2.05, 4.69) is 10.6 Å². The molecule has 0 spiro atoms. The number of nitrogens with one attached hydrogen (secondary N) is 2. The normalized spacial score (nSPS) is 12.4. The molecule has 2 aromatic rings. The molecule has 7 nitrogen and oxygen atoms in total. The number of methoxy groups -OCH3 is 1. The molecule has 0 saturated heterocycles. The van der Waals surface area contributed by atoms with E-state index in [1.54, 1.807) is 43.5 Å². The maximum atomic E-state index is 12.0. The molecule has 1 heterocycles. The zero-order chi connectivity index (χ0) is 17.1. The summed E-state index contributed by atoms with van der Waals surface area (Å²) in [6.45, 7) is -0.231. The van der Waals surface area contributed by atoms with Gasteiger partial charge in [0.25, 0.3) is 17.7 Å². The number of fused-ring (bicyclic) bond motifs is 1. The van der Waals surface area contributed by atoms with Crippen molar-refractivity contribution in [1.29, 1.82) is 0 Å². The predicted octanol–water partition coefficient (Wildman–Crippen LogP) is 1.60. The molecule has 0 bridgehead atoms. The number of hydrogen-bond acceptors (Lipinski definition) is 5. The molecule has 24 heavy (non-hydrogen) atoms. The van der Waals surface area contributed by atoms with Crippen LogP contribution in [0.5, 0.6) is 11.5 Å². The van der Waals surface area contributed by atoms with Gasteiger partial charge in [-0.3, -0.25) is 19.7 Å². The summed E-state index contributed by atoms with van der Waals surface area (Å²) in [6, 6.07) is 11.5. The van der Waals surface area contributed by atoms with Crippen molar-refractivity contribution in [2.24, 2.45) is 0 Å². The van der Waals surface area contributed by atoms with Crippen molar-refractivity contribution in [2.75, 3.05) is 19.0 Å². The van der Waals surface area contributed by atoms with Gasteiger partial charge in [-0.2, -0.15) is 0 Å². The van der Waals surface area contributed by atoms with Gasteiger partial charge in [0.15, 0.2) is 6.61 Å². The van der Waals surface area contributed by atoms with Gasteiger partial charge >= 0.3 is 0 Å². The summed E-state index contributed by atoms with van der Waals surface area (Å²) >= 11 is 0. The number of benzene rings is 2. The topological polar surface area (TPSA) is 93.7 Å². The Kier molecular flexibility index (Phi) is 4.15. The van der Waals surface area contributed by atoms with Gasteiger partial charge in [0.05, 0.1) is 23.9 Å². The van der Waals surface area contributed by atoms with Crippen LogP contribution in [0, 0.1) is 0 Å². The van der Waals surface area contributed by atoms with E-state index in [0.717, 1.165) is 0 Å². The maximum absolute atomic E-state index is 12.0. The Labute approximate surface area is 137 Å². The van der Waals surface area contributed by atoms with Gasteiger partial charge in [-0.15, -0.1) is 0 Å². The zero-order valence-corrected chi connectivity index (χ0v) is 12.8. The third-order valence-electron chi connectivity index (χ3n) is 3.47. The average molecular weight is 326 g/mol. The second-order valence-electron chi connectivity index (χ2n) is 5.02. The molecule has 3 rings (SSSR count). The number of carbonyl (C=O) groups is 3. The molecule has 122 valence electrons. The van der Waals surface area contributed by atoms with Crippen LogP contribution in [0.2, 0.25) is 0 Å². The van der Waals surface area contributed by atoms with Crippen molar-refractivity contribution in [2.45, 2.75) is 0 Å². The lowest BCUT2D eigenvalue weighted by atomic mass is 10.1. The Hall–Kier alpha value is -3.35. The van der Waals surface area contributed by atoms with Gasteiger partial charge in [0, 0.05) is 0 Å². The molecule has 0 fully saturated rings. The Morgan fingerprint density at radius 1 is 1.04 bits per heavy atom. The number of hydrogen-bond donors (Lipinski definition) is 2. The van der Waals surface area contributed by atoms with E-state index in [4.69, 9.17) is 9.47 Å². The number of carbonyl (C=O) groups excluding carboxylic acids is 3. The van der Waals surface area contributed by atoms with Crippen molar-refractivity contribution in [3.8, 4) is 11.5 Å². The van der Waals surface area contributed by atoms with E-state index in [1.807, 2.05) is 0 Å². The summed E-state index contributed by atoms with van der Waals surface area (Å²) in [4.78, 5) is 35.4. The molecule has 0 atom stereocenters. The Morgan fingerprint density at radius 2 is 1.75 bits per heavy atom. The summed E-state index contributed by atoms with van der Waals surface area (Å²) in [6.07, 6.45) is 0. The Morgan fingerprint density at radius 3 is 2.46 bits per heavy atom. The van der Waals surface area contributed by atoms with Crippen LogP contribution in [0.25, 0.3) is 0 Å². The van der Waals surface area contributed by atoms with Crippen LogP contribution in [-0.4, -0.2) is 31.4 Å². The third-order valence-corrected chi connectivity index (χ3v) is 3.47. The first kappa shape index (κ1) is 15.5. The van der Waals surface area contributed by atoms with Gasteiger partial charge < -0.3 is 14.8 Å². The first-order valence-corrected chi connectivity index (χ1v) is 7.14. The van der Waals surface area contributed by atoms with Gasteiger partial charge in [-0.05, 0) is 36.4 Å². The lowest BCUT2D eigenvalue weighted by molar-refractivity contribution is -0.118. The molecule has 0 unspecified atom stereocenters. The highest BCUT2D eigenvalue weighted by Gasteiger charge is 2.29. The lowest BCUT2D eigenvalue weighted by Crippen LogP contribution is -2.23. The maximum Gasteiger partial charge on any atom is 0.262 e. The number of amides is 3. The van der Waals surface area contributed by atoms with Crippen LogP contribution in [0.4, 0.5) is 5.69 Å². The number of imide groups is 1. The fourth-order valence-electron chi connectivity index (χ4n) is 2.33. The number of rotatable bonds is 5. The summed E-state index contributed by atoms with van der Waals surface area (Å²) in [5, 5.41) is 4.78. The second-order valence-corrected chi connectivity index (χ2v) is 5.02. The molecule has 2 N–H and O–H groups in total. The number of anilines is 1. The van der Waals surface area contributed by atoms with E-state index < -0.39 is 17.7 Å². The number of ether oxygens (including phenoxy) is 2. The van der Waals surface area contributed by atoms with E-state index >= 15 is 0 Å². The van der Waals surface area contributed by atoms with Crippen molar-refractivity contribution < 1.29 is 23.9 Å². The first-order chi connectivity index (χ1) is 11.6. The average Bonchev–Trinajstić information content (AvgIpc) is 2.89.